The lowest BCUT2D eigenvalue weighted by Gasteiger charge is -2.10. The number of carbonyl (C=O) groups is 1. The monoisotopic (exact) mass is 321 g/mol. The average molecular weight is 321 g/mol. The maximum Gasteiger partial charge on any atom is 0.269 e. The number of primary amides is 1. The average Bonchev–Trinajstić information content (AvgIpc) is 2.89. The van der Waals surface area contributed by atoms with E-state index in [1.54, 1.807) is 12.1 Å². The number of halogens is 1. The number of anilines is 1. The Kier molecular flexibility index (Phi) is 5.05. The molecule has 116 valence electrons. The van der Waals surface area contributed by atoms with Crippen LogP contribution in [0.3, 0.4) is 0 Å². The second kappa shape index (κ2) is 6.99. The number of nitrogens with one attached hydrogen (secondary N) is 2. The molecule has 1 amide bonds. The summed E-state index contributed by atoms with van der Waals surface area (Å²) in [6.45, 7) is 2.81. The van der Waals surface area contributed by atoms with Gasteiger partial charge in [-0.05, 0) is 36.8 Å². The SMILES string of the molecule is CCn1ncc(NC(=S)NCc2ccc(F)cc2)c1C(N)=O. The summed E-state index contributed by atoms with van der Waals surface area (Å²) in [5, 5.41) is 10.2. The Bertz CT molecular complexity index is 683. The summed E-state index contributed by atoms with van der Waals surface area (Å²) < 4.78 is 14.3. The highest BCUT2D eigenvalue weighted by Crippen LogP contribution is 2.14. The molecule has 4 N–H and O–H groups in total. The molecule has 0 fully saturated rings. The number of nitrogens with two attached hydrogens (primary N) is 1. The summed E-state index contributed by atoms with van der Waals surface area (Å²) in [5.41, 5.74) is 6.95. The Morgan fingerprint density at radius 1 is 1.41 bits per heavy atom. The van der Waals surface area contributed by atoms with Crippen molar-refractivity contribution in [3.63, 3.8) is 0 Å². The first-order valence-corrected chi connectivity index (χ1v) is 7.07. The van der Waals surface area contributed by atoms with E-state index in [0.29, 0.717) is 23.9 Å². The van der Waals surface area contributed by atoms with E-state index >= 15 is 0 Å². The van der Waals surface area contributed by atoms with Gasteiger partial charge in [0.2, 0.25) is 0 Å². The third kappa shape index (κ3) is 3.79. The minimum absolute atomic E-state index is 0.272. The van der Waals surface area contributed by atoms with Crippen LogP contribution >= 0.6 is 12.2 Å². The van der Waals surface area contributed by atoms with Gasteiger partial charge in [0, 0.05) is 13.1 Å². The lowest BCUT2D eigenvalue weighted by molar-refractivity contribution is 0.0991. The number of hydrogen-bond donors (Lipinski definition) is 3. The number of aromatic nitrogens is 2. The number of benzene rings is 1. The van der Waals surface area contributed by atoms with Crippen molar-refractivity contribution in [3.8, 4) is 0 Å². The van der Waals surface area contributed by atoms with E-state index in [9.17, 15) is 9.18 Å². The minimum atomic E-state index is -0.580. The molecule has 0 aliphatic heterocycles. The van der Waals surface area contributed by atoms with Crippen molar-refractivity contribution in [1.82, 2.24) is 15.1 Å². The van der Waals surface area contributed by atoms with Crippen molar-refractivity contribution < 1.29 is 9.18 Å². The van der Waals surface area contributed by atoms with Crippen molar-refractivity contribution in [2.24, 2.45) is 5.73 Å². The topological polar surface area (TPSA) is 85.0 Å². The molecule has 2 aromatic rings. The number of rotatable bonds is 5. The van der Waals surface area contributed by atoms with E-state index in [2.05, 4.69) is 15.7 Å². The smallest absolute Gasteiger partial charge is 0.269 e. The van der Waals surface area contributed by atoms with Gasteiger partial charge in [-0.1, -0.05) is 12.1 Å². The van der Waals surface area contributed by atoms with E-state index < -0.39 is 5.91 Å². The molecular formula is C14H16FN5OS. The van der Waals surface area contributed by atoms with Crippen LogP contribution in [0.2, 0.25) is 0 Å². The van der Waals surface area contributed by atoms with Crippen LogP contribution < -0.4 is 16.4 Å². The van der Waals surface area contributed by atoms with Crippen LogP contribution in [0.4, 0.5) is 10.1 Å². The van der Waals surface area contributed by atoms with Gasteiger partial charge < -0.3 is 16.4 Å². The molecule has 1 aromatic heterocycles. The highest BCUT2D eigenvalue weighted by Gasteiger charge is 2.15. The van der Waals surface area contributed by atoms with Crippen molar-refractivity contribution in [2.75, 3.05) is 5.32 Å². The Hall–Kier alpha value is -2.48. The zero-order valence-corrected chi connectivity index (χ0v) is 12.8. The second-order valence-electron chi connectivity index (χ2n) is 4.52. The molecule has 22 heavy (non-hydrogen) atoms. The van der Waals surface area contributed by atoms with Crippen LogP contribution in [0.1, 0.15) is 23.0 Å². The van der Waals surface area contributed by atoms with Crippen LogP contribution in [-0.4, -0.2) is 20.8 Å². The van der Waals surface area contributed by atoms with Gasteiger partial charge in [0.1, 0.15) is 11.5 Å². The Morgan fingerprint density at radius 2 is 2.09 bits per heavy atom. The largest absolute Gasteiger partial charge is 0.364 e. The molecule has 1 heterocycles. The molecule has 8 heteroatoms. The van der Waals surface area contributed by atoms with E-state index in [-0.39, 0.29) is 11.5 Å². The molecule has 6 nitrogen and oxygen atoms in total. The van der Waals surface area contributed by atoms with E-state index in [4.69, 9.17) is 18.0 Å². The van der Waals surface area contributed by atoms with E-state index in [1.165, 1.54) is 23.0 Å². The lowest BCUT2D eigenvalue weighted by Crippen LogP contribution is -2.29. The fourth-order valence-electron chi connectivity index (χ4n) is 1.93. The highest BCUT2D eigenvalue weighted by atomic mass is 32.1. The first kappa shape index (κ1) is 15.9. The third-order valence-electron chi connectivity index (χ3n) is 2.99. The van der Waals surface area contributed by atoms with Gasteiger partial charge in [0.05, 0.1) is 11.9 Å². The molecular weight excluding hydrogens is 305 g/mol. The summed E-state index contributed by atoms with van der Waals surface area (Å²) in [7, 11) is 0. The highest BCUT2D eigenvalue weighted by molar-refractivity contribution is 7.80. The molecule has 1 aromatic carbocycles. The van der Waals surface area contributed by atoms with Gasteiger partial charge in [-0.25, -0.2) is 4.39 Å². The summed E-state index contributed by atoms with van der Waals surface area (Å²) in [6.07, 6.45) is 1.50. The molecule has 0 saturated heterocycles. The third-order valence-corrected chi connectivity index (χ3v) is 3.23. The van der Waals surface area contributed by atoms with E-state index in [1.807, 2.05) is 6.92 Å². The second-order valence-corrected chi connectivity index (χ2v) is 4.93. The maximum absolute atomic E-state index is 12.8. The molecule has 0 bridgehead atoms. The summed E-state index contributed by atoms with van der Waals surface area (Å²) in [5.74, 6) is -0.870. The number of hydrogen-bond acceptors (Lipinski definition) is 3. The van der Waals surface area contributed by atoms with Crippen LogP contribution in [0.25, 0.3) is 0 Å². The summed E-state index contributed by atoms with van der Waals surface area (Å²) >= 11 is 5.17. The summed E-state index contributed by atoms with van der Waals surface area (Å²) in [6, 6.07) is 6.08. The van der Waals surface area contributed by atoms with Crippen LogP contribution in [0, 0.1) is 5.82 Å². The summed E-state index contributed by atoms with van der Waals surface area (Å²) in [4.78, 5) is 11.5. The molecule has 0 spiro atoms. The Labute approximate surface area is 132 Å². The predicted octanol–water partition coefficient (Wildman–Crippen LogP) is 1.63. The van der Waals surface area contributed by atoms with Crippen LogP contribution in [-0.2, 0) is 13.1 Å². The van der Waals surface area contributed by atoms with Gasteiger partial charge in [-0.3, -0.25) is 9.48 Å². The first-order valence-electron chi connectivity index (χ1n) is 6.66. The van der Waals surface area contributed by atoms with Gasteiger partial charge >= 0.3 is 0 Å². The lowest BCUT2D eigenvalue weighted by atomic mass is 10.2. The molecule has 0 atom stereocenters. The standard InChI is InChI=1S/C14H16FN5OS/c1-2-20-12(13(16)21)11(8-18-20)19-14(22)17-7-9-3-5-10(15)6-4-9/h3-6,8H,2,7H2,1H3,(H2,16,21)(H2,17,19,22). The van der Waals surface area contributed by atoms with Gasteiger partial charge in [0.25, 0.3) is 5.91 Å². The van der Waals surface area contributed by atoms with Gasteiger partial charge in [-0.2, -0.15) is 5.10 Å². The molecule has 0 unspecified atom stereocenters. The number of nitrogens with zero attached hydrogens (tertiary/aromatic N) is 2. The predicted molar refractivity (Wildman–Crippen MR) is 85.9 cm³/mol. The molecule has 2 rings (SSSR count). The van der Waals surface area contributed by atoms with Crippen LogP contribution in [0.15, 0.2) is 30.5 Å². The number of amides is 1. The van der Waals surface area contributed by atoms with Crippen molar-refractivity contribution >= 4 is 28.9 Å². The fraction of sp³-hybridized carbons (Fsp3) is 0.214. The Morgan fingerprint density at radius 3 is 2.68 bits per heavy atom. The fourth-order valence-corrected chi connectivity index (χ4v) is 2.11. The molecule has 0 aliphatic rings. The number of carbonyl (C=O) groups excluding carboxylic acids is 1. The zero-order valence-electron chi connectivity index (χ0n) is 12.0. The minimum Gasteiger partial charge on any atom is -0.364 e. The molecule has 0 aliphatic carbocycles. The van der Waals surface area contributed by atoms with E-state index in [0.717, 1.165) is 5.56 Å². The molecule has 0 radical (unpaired) electrons. The molecule has 0 saturated carbocycles. The van der Waals surface area contributed by atoms with Gasteiger partial charge in [0.15, 0.2) is 5.11 Å². The van der Waals surface area contributed by atoms with Crippen LogP contribution in [0.5, 0.6) is 0 Å². The number of thiocarbonyl (C=S) groups is 1. The van der Waals surface area contributed by atoms with Crippen molar-refractivity contribution in [1.29, 1.82) is 0 Å². The first-order chi connectivity index (χ1) is 10.5. The zero-order chi connectivity index (χ0) is 16.1. The Balaban J connectivity index is 1.99. The normalized spacial score (nSPS) is 10.3. The van der Waals surface area contributed by atoms with Crippen molar-refractivity contribution in [2.45, 2.75) is 20.0 Å². The van der Waals surface area contributed by atoms with Crippen molar-refractivity contribution in [3.05, 3.63) is 47.5 Å². The van der Waals surface area contributed by atoms with Gasteiger partial charge in [-0.15, -0.1) is 0 Å². The quantitative estimate of drug-likeness (QED) is 0.729. The maximum atomic E-state index is 12.8. The number of aryl methyl sites for hydroxylation is 1.